The molecule has 4 nitrogen and oxygen atoms in total. The van der Waals surface area contributed by atoms with Gasteiger partial charge in [0, 0.05) is 22.7 Å². The number of aromatic nitrogens is 1. The van der Waals surface area contributed by atoms with E-state index in [0.29, 0.717) is 16.8 Å². The fourth-order valence-electron chi connectivity index (χ4n) is 3.13. The molecule has 1 heterocycles. The maximum Gasteiger partial charge on any atom is 0.180 e. The molecule has 0 radical (unpaired) electrons. The smallest absolute Gasteiger partial charge is 0.180 e. The van der Waals surface area contributed by atoms with Gasteiger partial charge in [0.15, 0.2) is 11.6 Å². The summed E-state index contributed by atoms with van der Waals surface area (Å²) in [4.78, 5) is 29.7. The lowest BCUT2D eigenvalue weighted by atomic mass is 9.94. The first-order valence-corrected chi connectivity index (χ1v) is 7.31. The fourth-order valence-corrected chi connectivity index (χ4v) is 3.13. The molecule has 23 heavy (non-hydrogen) atoms. The van der Waals surface area contributed by atoms with Crippen molar-refractivity contribution < 1.29 is 14.3 Å². The number of Topliss-reactive ketones (excluding diaryl/α,β-unsaturated/α-hetero) is 2. The number of carbonyl (C=O) groups is 2. The highest BCUT2D eigenvalue weighted by Crippen LogP contribution is 2.36. The second-order valence-electron chi connectivity index (χ2n) is 5.49. The summed E-state index contributed by atoms with van der Waals surface area (Å²) < 4.78 is 5.23. The number of rotatable bonds is 2. The standard InChI is InChI=1S/C19H13NO3/c1-23-12-6-7-13-11(10-12)8-9-20-17(13)16-18(21)14-4-2-3-5-15(14)19(16)22/h2-10,16H,1H3. The highest BCUT2D eigenvalue weighted by molar-refractivity contribution is 6.30. The maximum absolute atomic E-state index is 12.7. The van der Waals surface area contributed by atoms with Crippen molar-refractivity contribution in [2.75, 3.05) is 7.11 Å². The molecule has 0 saturated heterocycles. The van der Waals surface area contributed by atoms with Gasteiger partial charge in [-0.1, -0.05) is 24.3 Å². The van der Waals surface area contributed by atoms with Crippen LogP contribution in [-0.4, -0.2) is 23.7 Å². The summed E-state index contributed by atoms with van der Waals surface area (Å²) in [6.07, 6.45) is 1.63. The summed E-state index contributed by atoms with van der Waals surface area (Å²) in [6, 6.07) is 14.3. The van der Waals surface area contributed by atoms with Gasteiger partial charge in [0.2, 0.25) is 0 Å². The number of pyridine rings is 1. The minimum absolute atomic E-state index is 0.179. The highest BCUT2D eigenvalue weighted by Gasteiger charge is 2.40. The number of carbonyl (C=O) groups excluding carboxylic acids is 2. The Morgan fingerprint density at radius 1 is 0.957 bits per heavy atom. The second kappa shape index (κ2) is 5.02. The lowest BCUT2D eigenvalue weighted by Crippen LogP contribution is -2.14. The fraction of sp³-hybridized carbons (Fsp3) is 0.105. The number of ketones is 2. The van der Waals surface area contributed by atoms with Crippen LogP contribution in [0.2, 0.25) is 0 Å². The van der Waals surface area contributed by atoms with Crippen LogP contribution >= 0.6 is 0 Å². The average Bonchev–Trinajstić information content (AvgIpc) is 2.85. The van der Waals surface area contributed by atoms with E-state index in [9.17, 15) is 9.59 Å². The largest absolute Gasteiger partial charge is 0.497 e. The third kappa shape index (κ3) is 1.95. The molecule has 0 amide bonds. The van der Waals surface area contributed by atoms with Crippen molar-refractivity contribution in [1.29, 1.82) is 0 Å². The molecule has 1 aromatic heterocycles. The van der Waals surface area contributed by atoms with E-state index in [4.69, 9.17) is 4.74 Å². The molecule has 1 aliphatic rings. The second-order valence-corrected chi connectivity index (χ2v) is 5.49. The van der Waals surface area contributed by atoms with E-state index in [-0.39, 0.29) is 11.6 Å². The van der Waals surface area contributed by atoms with Crippen LogP contribution in [0.1, 0.15) is 32.3 Å². The van der Waals surface area contributed by atoms with Crippen LogP contribution in [0.3, 0.4) is 0 Å². The first kappa shape index (κ1) is 13.6. The van der Waals surface area contributed by atoms with Gasteiger partial charge in [-0.25, -0.2) is 0 Å². The number of ether oxygens (including phenoxy) is 1. The van der Waals surface area contributed by atoms with Gasteiger partial charge in [-0.2, -0.15) is 0 Å². The Kier molecular flexibility index (Phi) is 2.98. The SMILES string of the molecule is COc1ccc2c(C3C(=O)c4ccccc4C3=O)nccc2c1. The highest BCUT2D eigenvalue weighted by atomic mass is 16.5. The van der Waals surface area contributed by atoms with E-state index in [1.165, 1.54) is 0 Å². The van der Waals surface area contributed by atoms with Gasteiger partial charge in [-0.05, 0) is 29.7 Å². The third-order valence-corrected chi connectivity index (χ3v) is 4.26. The van der Waals surface area contributed by atoms with Crippen LogP contribution in [0.5, 0.6) is 5.75 Å². The molecule has 0 saturated carbocycles. The molecule has 3 aromatic rings. The van der Waals surface area contributed by atoms with E-state index >= 15 is 0 Å². The zero-order valence-corrected chi connectivity index (χ0v) is 12.4. The summed E-state index contributed by atoms with van der Waals surface area (Å²) >= 11 is 0. The van der Waals surface area contributed by atoms with Crippen molar-refractivity contribution in [3.63, 3.8) is 0 Å². The van der Waals surface area contributed by atoms with Gasteiger partial charge in [0.05, 0.1) is 12.8 Å². The molecule has 0 aliphatic heterocycles. The van der Waals surface area contributed by atoms with Crippen LogP contribution in [0.4, 0.5) is 0 Å². The minimum Gasteiger partial charge on any atom is -0.497 e. The molecule has 4 rings (SSSR count). The van der Waals surface area contributed by atoms with Crippen molar-refractivity contribution in [3.05, 3.63) is 71.5 Å². The lowest BCUT2D eigenvalue weighted by molar-refractivity contribution is 0.0889. The number of fused-ring (bicyclic) bond motifs is 2. The van der Waals surface area contributed by atoms with E-state index in [2.05, 4.69) is 4.98 Å². The first-order chi connectivity index (χ1) is 11.2. The molecular formula is C19H13NO3. The van der Waals surface area contributed by atoms with Crippen LogP contribution in [0.15, 0.2) is 54.7 Å². The Morgan fingerprint density at radius 2 is 1.65 bits per heavy atom. The van der Waals surface area contributed by atoms with E-state index in [0.717, 1.165) is 16.5 Å². The first-order valence-electron chi connectivity index (χ1n) is 7.31. The quantitative estimate of drug-likeness (QED) is 0.681. The predicted molar refractivity (Wildman–Crippen MR) is 86.1 cm³/mol. The van der Waals surface area contributed by atoms with E-state index < -0.39 is 5.92 Å². The van der Waals surface area contributed by atoms with Gasteiger partial charge in [0.25, 0.3) is 0 Å². The van der Waals surface area contributed by atoms with Crippen LogP contribution in [-0.2, 0) is 0 Å². The van der Waals surface area contributed by atoms with Crippen molar-refractivity contribution in [2.24, 2.45) is 0 Å². The van der Waals surface area contributed by atoms with Crippen LogP contribution in [0.25, 0.3) is 10.8 Å². The van der Waals surface area contributed by atoms with Crippen LogP contribution in [0, 0.1) is 0 Å². The zero-order valence-electron chi connectivity index (χ0n) is 12.4. The molecule has 0 bridgehead atoms. The van der Waals surface area contributed by atoms with Crippen molar-refractivity contribution in [1.82, 2.24) is 4.98 Å². The summed E-state index contributed by atoms with van der Waals surface area (Å²) in [7, 11) is 1.60. The lowest BCUT2D eigenvalue weighted by Gasteiger charge is -2.11. The molecule has 0 atom stereocenters. The zero-order chi connectivity index (χ0) is 16.0. The van der Waals surface area contributed by atoms with Gasteiger partial charge in [0.1, 0.15) is 11.7 Å². The number of hydrogen-bond donors (Lipinski definition) is 0. The van der Waals surface area contributed by atoms with E-state index in [1.807, 2.05) is 24.3 Å². The summed E-state index contributed by atoms with van der Waals surface area (Å²) in [5.41, 5.74) is 1.47. The molecule has 2 aromatic carbocycles. The summed E-state index contributed by atoms with van der Waals surface area (Å²) in [5, 5.41) is 1.69. The molecule has 4 heteroatoms. The molecule has 112 valence electrons. The van der Waals surface area contributed by atoms with Crippen molar-refractivity contribution >= 4 is 22.3 Å². The van der Waals surface area contributed by atoms with Crippen molar-refractivity contribution in [2.45, 2.75) is 5.92 Å². The van der Waals surface area contributed by atoms with Crippen molar-refractivity contribution in [3.8, 4) is 5.75 Å². The Morgan fingerprint density at radius 3 is 2.30 bits per heavy atom. The van der Waals surface area contributed by atoms with Gasteiger partial charge in [-0.3, -0.25) is 14.6 Å². The maximum atomic E-state index is 12.7. The minimum atomic E-state index is -0.857. The van der Waals surface area contributed by atoms with Crippen LogP contribution < -0.4 is 4.74 Å². The Labute approximate surface area is 132 Å². The summed E-state index contributed by atoms with van der Waals surface area (Å²) in [5.74, 6) is -0.491. The van der Waals surface area contributed by atoms with Gasteiger partial charge >= 0.3 is 0 Å². The predicted octanol–water partition coefficient (Wildman–Crippen LogP) is 3.41. The molecule has 0 N–H and O–H groups in total. The normalized spacial score (nSPS) is 14.3. The number of benzene rings is 2. The molecule has 0 fully saturated rings. The number of nitrogens with zero attached hydrogens (tertiary/aromatic N) is 1. The summed E-state index contributed by atoms with van der Waals surface area (Å²) in [6.45, 7) is 0. The average molecular weight is 303 g/mol. The number of methoxy groups -OCH3 is 1. The molecule has 1 aliphatic carbocycles. The molecule has 0 unspecified atom stereocenters. The van der Waals surface area contributed by atoms with Gasteiger partial charge < -0.3 is 4.74 Å². The Balaban J connectivity index is 1.91. The monoisotopic (exact) mass is 303 g/mol. The Bertz CT molecular complexity index is 927. The molecule has 0 spiro atoms. The molecular weight excluding hydrogens is 290 g/mol. The van der Waals surface area contributed by atoms with E-state index in [1.54, 1.807) is 37.6 Å². The number of hydrogen-bond acceptors (Lipinski definition) is 4. The Hall–Kier alpha value is -3.01. The third-order valence-electron chi connectivity index (χ3n) is 4.26. The van der Waals surface area contributed by atoms with Gasteiger partial charge in [-0.15, -0.1) is 0 Å². The topological polar surface area (TPSA) is 56.3 Å².